The van der Waals surface area contributed by atoms with Crippen molar-refractivity contribution in [1.29, 1.82) is 0 Å². The Balaban J connectivity index is 2.47. The molecule has 0 radical (unpaired) electrons. The van der Waals surface area contributed by atoms with Gasteiger partial charge in [0.1, 0.15) is 0 Å². The van der Waals surface area contributed by atoms with Crippen LogP contribution in [0.15, 0.2) is 22.7 Å². The third-order valence-corrected chi connectivity index (χ3v) is 2.77. The van der Waals surface area contributed by atoms with Gasteiger partial charge in [-0.2, -0.15) is 0 Å². The molecule has 4 N–H and O–H groups in total. The number of nitrogens with one attached hydrogen (secondary N) is 2. The van der Waals surface area contributed by atoms with Crippen molar-refractivity contribution in [3.05, 3.63) is 28.2 Å². The topological polar surface area (TPSA) is 84.2 Å². The molecule has 0 aliphatic carbocycles. The van der Waals surface area contributed by atoms with E-state index in [1.807, 2.05) is 19.1 Å². The first-order chi connectivity index (χ1) is 8.52. The lowest BCUT2D eigenvalue weighted by Crippen LogP contribution is -2.33. The molecule has 1 aromatic carbocycles. The number of amides is 2. The van der Waals surface area contributed by atoms with Gasteiger partial charge in [-0.25, -0.2) is 0 Å². The molecule has 0 bridgehead atoms. The average molecular weight is 314 g/mol. The molecule has 0 aliphatic heterocycles. The summed E-state index contributed by atoms with van der Waals surface area (Å²) in [7, 11) is 0. The van der Waals surface area contributed by atoms with Gasteiger partial charge in [-0.15, -0.1) is 0 Å². The van der Waals surface area contributed by atoms with Crippen molar-refractivity contribution in [1.82, 2.24) is 5.32 Å². The van der Waals surface area contributed by atoms with Crippen LogP contribution in [-0.4, -0.2) is 24.9 Å². The normalized spacial score (nSPS) is 9.94. The number of hydrogen-bond donors (Lipinski definition) is 3. The lowest BCUT2D eigenvalue weighted by atomic mass is 10.2. The summed E-state index contributed by atoms with van der Waals surface area (Å²) in [6.45, 7) is 2.13. The van der Waals surface area contributed by atoms with Crippen molar-refractivity contribution < 1.29 is 9.59 Å². The maximum Gasteiger partial charge on any atom is 0.243 e. The minimum atomic E-state index is -0.259. The zero-order valence-corrected chi connectivity index (χ0v) is 11.7. The average Bonchev–Trinajstić information content (AvgIpc) is 2.31. The van der Waals surface area contributed by atoms with Gasteiger partial charge in [0.25, 0.3) is 0 Å². The van der Waals surface area contributed by atoms with E-state index in [1.165, 1.54) is 0 Å². The van der Waals surface area contributed by atoms with Crippen molar-refractivity contribution in [3.8, 4) is 0 Å². The number of carbonyl (C=O) groups is 2. The molecule has 0 spiro atoms. The van der Waals surface area contributed by atoms with Gasteiger partial charge >= 0.3 is 0 Å². The van der Waals surface area contributed by atoms with Crippen molar-refractivity contribution in [3.63, 3.8) is 0 Å². The Morgan fingerprint density at radius 1 is 1.33 bits per heavy atom. The molecule has 1 aromatic rings. The van der Waals surface area contributed by atoms with Crippen LogP contribution >= 0.6 is 15.9 Å². The Labute approximate surface area is 114 Å². The molecule has 18 heavy (non-hydrogen) atoms. The van der Waals surface area contributed by atoms with E-state index in [2.05, 4.69) is 26.6 Å². The Morgan fingerprint density at radius 2 is 2.06 bits per heavy atom. The van der Waals surface area contributed by atoms with Crippen LogP contribution in [-0.2, 0) is 9.59 Å². The highest BCUT2D eigenvalue weighted by Crippen LogP contribution is 2.19. The Morgan fingerprint density at radius 3 is 2.67 bits per heavy atom. The molecular formula is C12H16BrN3O2. The third-order valence-electron chi connectivity index (χ3n) is 2.28. The number of anilines is 1. The van der Waals surface area contributed by atoms with Gasteiger partial charge in [-0.1, -0.05) is 15.9 Å². The van der Waals surface area contributed by atoms with E-state index in [1.54, 1.807) is 6.07 Å². The van der Waals surface area contributed by atoms with Gasteiger partial charge in [0, 0.05) is 23.1 Å². The van der Waals surface area contributed by atoms with Crippen LogP contribution < -0.4 is 16.4 Å². The van der Waals surface area contributed by atoms with Crippen molar-refractivity contribution in [2.75, 3.05) is 18.4 Å². The molecular weight excluding hydrogens is 298 g/mol. The van der Waals surface area contributed by atoms with E-state index in [0.29, 0.717) is 0 Å². The van der Waals surface area contributed by atoms with E-state index in [0.717, 1.165) is 15.7 Å². The fourth-order valence-electron chi connectivity index (χ4n) is 1.36. The molecule has 0 unspecified atom stereocenters. The summed E-state index contributed by atoms with van der Waals surface area (Å²) in [5.74, 6) is -0.481. The van der Waals surface area contributed by atoms with E-state index in [4.69, 9.17) is 5.73 Å². The molecule has 0 fully saturated rings. The number of carbonyl (C=O) groups excluding carboxylic acids is 2. The Bertz CT molecular complexity index is 449. The summed E-state index contributed by atoms with van der Waals surface area (Å²) in [6, 6.07) is 5.55. The van der Waals surface area contributed by atoms with Crippen LogP contribution in [0.4, 0.5) is 5.69 Å². The quantitative estimate of drug-likeness (QED) is 0.762. The first kappa shape index (κ1) is 14.7. The zero-order valence-electron chi connectivity index (χ0n) is 10.1. The molecule has 6 heteroatoms. The SMILES string of the molecule is Cc1cc(Br)ccc1NC(=O)CNC(=O)CCN. The van der Waals surface area contributed by atoms with E-state index in [9.17, 15) is 9.59 Å². The monoisotopic (exact) mass is 313 g/mol. The van der Waals surface area contributed by atoms with E-state index >= 15 is 0 Å². The maximum absolute atomic E-state index is 11.6. The lowest BCUT2D eigenvalue weighted by molar-refractivity contribution is -0.124. The van der Waals surface area contributed by atoms with Crippen LogP contribution in [0.25, 0.3) is 0 Å². The first-order valence-corrected chi connectivity index (χ1v) is 6.35. The fraction of sp³-hybridized carbons (Fsp3) is 0.333. The Kier molecular flexibility index (Phi) is 5.80. The molecule has 0 aliphatic rings. The number of halogens is 1. The summed E-state index contributed by atoms with van der Waals surface area (Å²) < 4.78 is 0.953. The highest BCUT2D eigenvalue weighted by atomic mass is 79.9. The van der Waals surface area contributed by atoms with Crippen LogP contribution in [0.1, 0.15) is 12.0 Å². The molecule has 5 nitrogen and oxygen atoms in total. The van der Waals surface area contributed by atoms with Crippen molar-refractivity contribution in [2.45, 2.75) is 13.3 Å². The fourth-order valence-corrected chi connectivity index (χ4v) is 1.84. The largest absolute Gasteiger partial charge is 0.347 e. The number of rotatable bonds is 5. The van der Waals surface area contributed by atoms with Crippen LogP contribution in [0.2, 0.25) is 0 Å². The summed E-state index contributed by atoms with van der Waals surface area (Å²) in [4.78, 5) is 22.7. The van der Waals surface area contributed by atoms with Crippen molar-refractivity contribution in [2.24, 2.45) is 5.73 Å². The molecule has 98 valence electrons. The number of aryl methyl sites for hydroxylation is 1. The summed E-state index contributed by atoms with van der Waals surface area (Å²) >= 11 is 3.35. The summed E-state index contributed by atoms with van der Waals surface area (Å²) in [5.41, 5.74) is 6.91. The van der Waals surface area contributed by atoms with Crippen molar-refractivity contribution >= 4 is 33.4 Å². The van der Waals surface area contributed by atoms with Gasteiger partial charge in [-0.05, 0) is 30.7 Å². The predicted molar refractivity (Wildman–Crippen MR) is 74.2 cm³/mol. The Hall–Kier alpha value is -1.40. The maximum atomic E-state index is 11.6. The second kappa shape index (κ2) is 7.13. The van der Waals surface area contributed by atoms with Gasteiger partial charge < -0.3 is 16.4 Å². The minimum absolute atomic E-state index is 0.0473. The van der Waals surface area contributed by atoms with E-state index in [-0.39, 0.29) is 31.3 Å². The summed E-state index contributed by atoms with van der Waals surface area (Å²) in [6.07, 6.45) is 0.227. The molecule has 1 rings (SSSR count). The molecule has 2 amide bonds. The smallest absolute Gasteiger partial charge is 0.243 e. The molecule has 0 saturated carbocycles. The second-order valence-electron chi connectivity index (χ2n) is 3.82. The van der Waals surface area contributed by atoms with Gasteiger partial charge in [-0.3, -0.25) is 9.59 Å². The molecule has 0 atom stereocenters. The van der Waals surface area contributed by atoms with Crippen LogP contribution in [0, 0.1) is 6.92 Å². The van der Waals surface area contributed by atoms with Gasteiger partial charge in [0.15, 0.2) is 0 Å². The highest BCUT2D eigenvalue weighted by molar-refractivity contribution is 9.10. The standard InChI is InChI=1S/C12H16BrN3O2/c1-8-6-9(13)2-3-10(8)16-12(18)7-15-11(17)4-5-14/h2-3,6H,4-5,7,14H2,1H3,(H,15,17)(H,16,18). The highest BCUT2D eigenvalue weighted by Gasteiger charge is 2.06. The number of benzene rings is 1. The van der Waals surface area contributed by atoms with E-state index < -0.39 is 0 Å². The minimum Gasteiger partial charge on any atom is -0.347 e. The predicted octanol–water partition coefficient (Wildman–Crippen LogP) is 1.16. The van der Waals surface area contributed by atoms with Gasteiger partial charge in [0.2, 0.25) is 11.8 Å². The first-order valence-electron chi connectivity index (χ1n) is 5.55. The third kappa shape index (κ3) is 4.85. The summed E-state index contributed by atoms with van der Waals surface area (Å²) in [5, 5.41) is 5.22. The lowest BCUT2D eigenvalue weighted by Gasteiger charge is -2.09. The number of hydrogen-bond acceptors (Lipinski definition) is 3. The molecule has 0 saturated heterocycles. The van der Waals surface area contributed by atoms with Crippen LogP contribution in [0.3, 0.4) is 0 Å². The number of nitrogens with two attached hydrogens (primary N) is 1. The molecule has 0 aromatic heterocycles. The van der Waals surface area contributed by atoms with Crippen LogP contribution in [0.5, 0.6) is 0 Å². The zero-order chi connectivity index (χ0) is 13.5. The molecule has 0 heterocycles. The second-order valence-corrected chi connectivity index (χ2v) is 4.74. The van der Waals surface area contributed by atoms with Gasteiger partial charge in [0.05, 0.1) is 6.54 Å².